The summed E-state index contributed by atoms with van der Waals surface area (Å²) in [6.45, 7) is 6.37. The Morgan fingerprint density at radius 3 is 2.50 bits per heavy atom. The number of nitrogens with two attached hydrogens (primary N) is 1. The van der Waals surface area contributed by atoms with Crippen molar-refractivity contribution in [1.82, 2.24) is 4.90 Å². The maximum absolute atomic E-state index is 5.85. The molecule has 0 saturated heterocycles. The number of methoxy groups -OCH3 is 1. The summed E-state index contributed by atoms with van der Waals surface area (Å²) in [6, 6.07) is 6.40. The van der Waals surface area contributed by atoms with Gasteiger partial charge < -0.3 is 20.3 Å². The standard InChI is InChI=1S/C14H25N3O/c1-6-17(11(2)10-16(3)4)12-7-8-13(15)14(9-12)18-5/h7-9,11H,6,10,15H2,1-5H3. The number of hydrogen-bond acceptors (Lipinski definition) is 4. The summed E-state index contributed by atoms with van der Waals surface area (Å²) in [7, 11) is 5.83. The molecule has 0 aliphatic carbocycles. The summed E-state index contributed by atoms with van der Waals surface area (Å²) in [6.07, 6.45) is 0. The molecular weight excluding hydrogens is 226 g/mol. The summed E-state index contributed by atoms with van der Waals surface area (Å²) in [5.41, 5.74) is 7.68. The van der Waals surface area contributed by atoms with Gasteiger partial charge in [-0.15, -0.1) is 0 Å². The van der Waals surface area contributed by atoms with Crippen molar-refractivity contribution in [3.63, 3.8) is 0 Å². The highest BCUT2D eigenvalue weighted by Gasteiger charge is 2.14. The van der Waals surface area contributed by atoms with Gasteiger partial charge in [-0.25, -0.2) is 0 Å². The molecule has 4 heteroatoms. The van der Waals surface area contributed by atoms with E-state index in [0.717, 1.165) is 24.5 Å². The second-order valence-corrected chi connectivity index (χ2v) is 4.82. The van der Waals surface area contributed by atoms with E-state index in [1.807, 2.05) is 18.2 Å². The van der Waals surface area contributed by atoms with Gasteiger partial charge in [0.25, 0.3) is 0 Å². The Kier molecular flexibility index (Phi) is 5.28. The predicted molar refractivity (Wildman–Crippen MR) is 78.4 cm³/mol. The normalized spacial score (nSPS) is 12.6. The van der Waals surface area contributed by atoms with Gasteiger partial charge >= 0.3 is 0 Å². The van der Waals surface area contributed by atoms with Gasteiger partial charge in [-0.05, 0) is 40.1 Å². The predicted octanol–water partition coefficient (Wildman–Crippen LogP) is 2.05. The van der Waals surface area contributed by atoms with E-state index in [1.165, 1.54) is 0 Å². The lowest BCUT2D eigenvalue weighted by molar-refractivity contribution is 0.372. The van der Waals surface area contributed by atoms with Crippen LogP contribution in [-0.2, 0) is 0 Å². The summed E-state index contributed by atoms with van der Waals surface area (Å²) in [4.78, 5) is 4.55. The van der Waals surface area contributed by atoms with Crippen molar-refractivity contribution in [2.75, 3.05) is 44.9 Å². The van der Waals surface area contributed by atoms with Crippen LogP contribution in [0, 0.1) is 0 Å². The smallest absolute Gasteiger partial charge is 0.143 e. The molecule has 0 aliphatic heterocycles. The van der Waals surface area contributed by atoms with Crippen molar-refractivity contribution in [1.29, 1.82) is 0 Å². The molecule has 4 nitrogen and oxygen atoms in total. The molecule has 1 unspecified atom stereocenters. The average molecular weight is 251 g/mol. The molecule has 0 heterocycles. The molecule has 0 fully saturated rings. The van der Waals surface area contributed by atoms with Gasteiger partial charge in [0.15, 0.2) is 0 Å². The fraction of sp³-hybridized carbons (Fsp3) is 0.571. The third kappa shape index (κ3) is 3.53. The van der Waals surface area contributed by atoms with E-state index in [1.54, 1.807) is 7.11 Å². The molecule has 0 aliphatic rings. The number of ether oxygens (including phenoxy) is 1. The molecule has 0 aromatic heterocycles. The van der Waals surface area contributed by atoms with E-state index < -0.39 is 0 Å². The second-order valence-electron chi connectivity index (χ2n) is 4.82. The first kappa shape index (κ1) is 14.6. The SMILES string of the molecule is CCN(c1ccc(N)c(OC)c1)C(C)CN(C)C. The minimum atomic E-state index is 0.443. The average Bonchev–Trinajstić information content (AvgIpc) is 2.31. The first-order chi connectivity index (χ1) is 8.49. The Bertz CT molecular complexity index is 379. The maximum atomic E-state index is 5.85. The topological polar surface area (TPSA) is 41.7 Å². The minimum Gasteiger partial charge on any atom is -0.495 e. The number of nitrogens with zero attached hydrogens (tertiary/aromatic N) is 2. The van der Waals surface area contributed by atoms with Crippen LogP contribution in [0.25, 0.3) is 0 Å². The second kappa shape index (κ2) is 6.50. The first-order valence-electron chi connectivity index (χ1n) is 6.34. The lowest BCUT2D eigenvalue weighted by atomic mass is 10.2. The van der Waals surface area contributed by atoms with Gasteiger partial charge in [0.1, 0.15) is 5.75 Å². The van der Waals surface area contributed by atoms with Crippen LogP contribution in [0.3, 0.4) is 0 Å². The molecule has 1 atom stereocenters. The number of benzene rings is 1. The summed E-state index contributed by atoms with van der Waals surface area (Å²) in [5, 5.41) is 0. The molecule has 0 amide bonds. The Labute approximate surface area is 110 Å². The Hall–Kier alpha value is -1.42. The van der Waals surface area contributed by atoms with Crippen molar-refractivity contribution in [2.24, 2.45) is 0 Å². The highest BCUT2D eigenvalue weighted by Crippen LogP contribution is 2.28. The minimum absolute atomic E-state index is 0.443. The van der Waals surface area contributed by atoms with Gasteiger partial charge in [-0.1, -0.05) is 0 Å². The Morgan fingerprint density at radius 2 is 2.00 bits per heavy atom. The first-order valence-corrected chi connectivity index (χ1v) is 6.34. The summed E-state index contributed by atoms with van der Waals surface area (Å²) >= 11 is 0. The van der Waals surface area contributed by atoms with Crippen LogP contribution in [0.4, 0.5) is 11.4 Å². The van der Waals surface area contributed by atoms with Crippen LogP contribution in [0.5, 0.6) is 5.75 Å². The van der Waals surface area contributed by atoms with E-state index in [-0.39, 0.29) is 0 Å². The van der Waals surface area contributed by atoms with E-state index in [4.69, 9.17) is 10.5 Å². The van der Waals surface area contributed by atoms with Crippen LogP contribution >= 0.6 is 0 Å². The third-order valence-corrected chi connectivity index (χ3v) is 3.05. The van der Waals surface area contributed by atoms with Crippen LogP contribution < -0.4 is 15.4 Å². The molecule has 102 valence electrons. The number of nitrogen functional groups attached to an aromatic ring is 1. The van der Waals surface area contributed by atoms with Gasteiger partial charge in [0, 0.05) is 30.9 Å². The van der Waals surface area contributed by atoms with E-state index >= 15 is 0 Å². The largest absolute Gasteiger partial charge is 0.495 e. The zero-order valence-electron chi connectivity index (χ0n) is 12.1. The molecule has 0 radical (unpaired) electrons. The van der Waals surface area contributed by atoms with Crippen LogP contribution in [-0.4, -0.2) is 45.2 Å². The van der Waals surface area contributed by atoms with Crippen molar-refractivity contribution in [2.45, 2.75) is 19.9 Å². The van der Waals surface area contributed by atoms with Crippen molar-refractivity contribution >= 4 is 11.4 Å². The Morgan fingerprint density at radius 1 is 1.33 bits per heavy atom. The van der Waals surface area contributed by atoms with Crippen molar-refractivity contribution < 1.29 is 4.74 Å². The fourth-order valence-electron chi connectivity index (χ4n) is 2.25. The highest BCUT2D eigenvalue weighted by atomic mass is 16.5. The van der Waals surface area contributed by atoms with Crippen LogP contribution in [0.15, 0.2) is 18.2 Å². The molecule has 18 heavy (non-hydrogen) atoms. The van der Waals surface area contributed by atoms with Crippen LogP contribution in [0.1, 0.15) is 13.8 Å². The molecule has 0 spiro atoms. The number of likely N-dealkylation sites (N-methyl/N-ethyl adjacent to an activating group) is 2. The van der Waals surface area contributed by atoms with E-state index in [2.05, 4.69) is 37.7 Å². The molecular formula is C14H25N3O. The summed E-state index contributed by atoms with van der Waals surface area (Å²) < 4.78 is 5.28. The number of rotatable bonds is 6. The maximum Gasteiger partial charge on any atom is 0.143 e. The molecule has 1 aromatic rings. The molecule has 0 saturated carbocycles. The zero-order chi connectivity index (χ0) is 13.7. The Balaban J connectivity index is 2.94. The number of hydrogen-bond donors (Lipinski definition) is 1. The number of anilines is 2. The quantitative estimate of drug-likeness (QED) is 0.786. The molecule has 1 rings (SSSR count). The van der Waals surface area contributed by atoms with Gasteiger partial charge in [0.2, 0.25) is 0 Å². The molecule has 2 N–H and O–H groups in total. The van der Waals surface area contributed by atoms with Gasteiger partial charge in [-0.2, -0.15) is 0 Å². The molecule has 0 bridgehead atoms. The monoisotopic (exact) mass is 251 g/mol. The lowest BCUT2D eigenvalue weighted by Crippen LogP contribution is -2.40. The third-order valence-electron chi connectivity index (χ3n) is 3.05. The highest BCUT2D eigenvalue weighted by molar-refractivity contribution is 5.62. The van der Waals surface area contributed by atoms with Crippen molar-refractivity contribution in [3.8, 4) is 5.75 Å². The fourth-order valence-corrected chi connectivity index (χ4v) is 2.25. The van der Waals surface area contributed by atoms with E-state index in [0.29, 0.717) is 11.7 Å². The van der Waals surface area contributed by atoms with Gasteiger partial charge in [-0.3, -0.25) is 0 Å². The zero-order valence-corrected chi connectivity index (χ0v) is 12.1. The molecule has 1 aromatic carbocycles. The summed E-state index contributed by atoms with van der Waals surface area (Å²) in [5.74, 6) is 0.739. The van der Waals surface area contributed by atoms with Crippen LogP contribution in [0.2, 0.25) is 0 Å². The van der Waals surface area contributed by atoms with E-state index in [9.17, 15) is 0 Å². The van der Waals surface area contributed by atoms with Gasteiger partial charge in [0.05, 0.1) is 12.8 Å². The van der Waals surface area contributed by atoms with Crippen molar-refractivity contribution in [3.05, 3.63) is 18.2 Å². The lowest BCUT2D eigenvalue weighted by Gasteiger charge is -2.32.